The van der Waals surface area contributed by atoms with Gasteiger partial charge in [0.25, 0.3) is 10.0 Å². The van der Waals surface area contributed by atoms with Gasteiger partial charge in [0.15, 0.2) is 0 Å². The van der Waals surface area contributed by atoms with Crippen LogP contribution in [-0.4, -0.2) is 31.2 Å². The molecule has 8 heteroatoms. The first-order chi connectivity index (χ1) is 10.8. The molecule has 0 saturated carbocycles. The van der Waals surface area contributed by atoms with Crippen molar-refractivity contribution in [1.29, 1.82) is 0 Å². The van der Waals surface area contributed by atoms with E-state index in [-0.39, 0.29) is 16.1 Å². The quantitative estimate of drug-likeness (QED) is 0.745. The number of carboxylic acids is 1. The Hall–Kier alpha value is -2.74. The van der Waals surface area contributed by atoms with E-state index in [1.165, 1.54) is 30.3 Å². The zero-order chi connectivity index (χ0) is 17.0. The molecule has 2 aromatic carbocycles. The van der Waals surface area contributed by atoms with Gasteiger partial charge in [0.2, 0.25) is 0 Å². The van der Waals surface area contributed by atoms with Crippen molar-refractivity contribution in [1.82, 2.24) is 0 Å². The fourth-order valence-electron chi connectivity index (χ4n) is 1.87. The third kappa shape index (κ3) is 3.92. The summed E-state index contributed by atoms with van der Waals surface area (Å²) in [6, 6.07) is 9.25. The molecule has 0 aliphatic rings. The molecule has 0 aliphatic carbocycles. The zero-order valence-electron chi connectivity index (χ0n) is 12.2. The van der Waals surface area contributed by atoms with Gasteiger partial charge in [-0.25, -0.2) is 13.2 Å². The number of rotatable bonds is 6. The van der Waals surface area contributed by atoms with Crippen LogP contribution in [0.5, 0.6) is 11.5 Å². The molecule has 0 radical (unpaired) electrons. The second-order valence-electron chi connectivity index (χ2n) is 4.55. The Bertz CT molecular complexity index is 814. The topological polar surface area (TPSA) is 113 Å². The lowest BCUT2D eigenvalue weighted by molar-refractivity contribution is 0.0694. The van der Waals surface area contributed by atoms with E-state index in [0.717, 1.165) is 12.1 Å². The number of ether oxygens (including phenoxy) is 1. The van der Waals surface area contributed by atoms with Crippen LogP contribution in [-0.2, 0) is 10.0 Å². The summed E-state index contributed by atoms with van der Waals surface area (Å²) in [6.07, 6.45) is 0. The lowest BCUT2D eigenvalue weighted by atomic mass is 10.2. The number of benzene rings is 2. The summed E-state index contributed by atoms with van der Waals surface area (Å²) in [7, 11) is -3.86. The van der Waals surface area contributed by atoms with Crippen molar-refractivity contribution < 1.29 is 28.2 Å². The maximum absolute atomic E-state index is 12.3. The van der Waals surface area contributed by atoms with Crippen molar-refractivity contribution in [2.24, 2.45) is 0 Å². The number of phenols is 1. The number of aromatic carboxylic acids is 1. The fourth-order valence-corrected chi connectivity index (χ4v) is 2.92. The lowest BCUT2D eigenvalue weighted by Gasteiger charge is -2.10. The Morgan fingerprint density at radius 2 is 1.83 bits per heavy atom. The predicted octanol–water partition coefficient (Wildman–Crippen LogP) is 2.29. The predicted molar refractivity (Wildman–Crippen MR) is 83.5 cm³/mol. The number of hydrogen-bond acceptors (Lipinski definition) is 5. The van der Waals surface area contributed by atoms with Crippen molar-refractivity contribution in [2.75, 3.05) is 11.3 Å². The average molecular weight is 337 g/mol. The van der Waals surface area contributed by atoms with E-state index in [0.29, 0.717) is 12.4 Å². The summed E-state index contributed by atoms with van der Waals surface area (Å²) >= 11 is 0. The fraction of sp³-hybridized carbons (Fsp3) is 0.133. The summed E-state index contributed by atoms with van der Waals surface area (Å²) in [4.78, 5) is 10.8. The van der Waals surface area contributed by atoms with E-state index in [9.17, 15) is 18.3 Å². The normalized spacial score (nSPS) is 11.0. The summed E-state index contributed by atoms with van der Waals surface area (Å²) in [5.74, 6) is -1.28. The third-order valence-electron chi connectivity index (χ3n) is 2.93. The Kier molecular flexibility index (Phi) is 4.75. The standard InChI is InChI=1S/C15H15NO6S/c1-2-22-11-4-6-12(7-5-11)23(20,21)16-10-3-8-13(15(18)19)14(17)9-10/h3-9,16-17H,2H2,1H3,(H,18,19). The molecule has 122 valence electrons. The summed E-state index contributed by atoms with van der Waals surface area (Å²) in [6.45, 7) is 2.29. The van der Waals surface area contributed by atoms with Crippen molar-refractivity contribution >= 4 is 21.7 Å². The van der Waals surface area contributed by atoms with E-state index in [2.05, 4.69) is 4.72 Å². The highest BCUT2D eigenvalue weighted by atomic mass is 32.2. The molecule has 0 saturated heterocycles. The van der Waals surface area contributed by atoms with Gasteiger partial charge in [-0.15, -0.1) is 0 Å². The van der Waals surface area contributed by atoms with Gasteiger partial charge in [0.05, 0.1) is 17.2 Å². The van der Waals surface area contributed by atoms with Gasteiger partial charge >= 0.3 is 5.97 Å². The van der Waals surface area contributed by atoms with Gasteiger partial charge in [-0.3, -0.25) is 4.72 Å². The molecule has 0 unspecified atom stereocenters. The van der Waals surface area contributed by atoms with Gasteiger partial charge in [0.1, 0.15) is 17.1 Å². The molecule has 3 N–H and O–H groups in total. The number of carboxylic acid groups (broad SMARTS) is 1. The molecule has 0 atom stereocenters. The summed E-state index contributed by atoms with van der Waals surface area (Å²) < 4.78 is 32.0. The van der Waals surface area contributed by atoms with Crippen LogP contribution < -0.4 is 9.46 Å². The average Bonchev–Trinajstić information content (AvgIpc) is 2.47. The first-order valence-electron chi connectivity index (χ1n) is 6.65. The van der Waals surface area contributed by atoms with Crippen LogP contribution in [0.3, 0.4) is 0 Å². The van der Waals surface area contributed by atoms with Crippen molar-refractivity contribution in [2.45, 2.75) is 11.8 Å². The third-order valence-corrected chi connectivity index (χ3v) is 4.32. The van der Waals surface area contributed by atoms with Crippen LogP contribution in [0, 0.1) is 0 Å². The maximum atomic E-state index is 12.3. The van der Waals surface area contributed by atoms with E-state index in [4.69, 9.17) is 9.84 Å². The van der Waals surface area contributed by atoms with Crippen molar-refractivity contribution in [3.05, 3.63) is 48.0 Å². The molecule has 0 spiro atoms. The zero-order valence-corrected chi connectivity index (χ0v) is 13.0. The van der Waals surface area contributed by atoms with Crippen LogP contribution in [0.4, 0.5) is 5.69 Å². The van der Waals surface area contributed by atoms with Gasteiger partial charge in [0, 0.05) is 6.07 Å². The Balaban J connectivity index is 2.24. The van der Waals surface area contributed by atoms with E-state index in [1.807, 2.05) is 6.92 Å². The number of anilines is 1. The highest BCUT2D eigenvalue weighted by molar-refractivity contribution is 7.92. The number of hydrogen-bond donors (Lipinski definition) is 3. The second kappa shape index (κ2) is 6.57. The van der Waals surface area contributed by atoms with Gasteiger partial charge in [-0.1, -0.05) is 0 Å². The van der Waals surface area contributed by atoms with Crippen LogP contribution >= 0.6 is 0 Å². The van der Waals surface area contributed by atoms with E-state index < -0.39 is 21.7 Å². The van der Waals surface area contributed by atoms with E-state index >= 15 is 0 Å². The molecule has 23 heavy (non-hydrogen) atoms. The maximum Gasteiger partial charge on any atom is 0.339 e. The number of aromatic hydroxyl groups is 1. The largest absolute Gasteiger partial charge is 0.507 e. The first kappa shape index (κ1) is 16.6. The van der Waals surface area contributed by atoms with E-state index in [1.54, 1.807) is 0 Å². The summed E-state index contributed by atoms with van der Waals surface area (Å²) in [5.41, 5.74) is -0.254. The van der Waals surface area contributed by atoms with Gasteiger partial charge < -0.3 is 14.9 Å². The van der Waals surface area contributed by atoms with Crippen molar-refractivity contribution in [3.8, 4) is 11.5 Å². The smallest absolute Gasteiger partial charge is 0.339 e. The summed E-state index contributed by atoms with van der Waals surface area (Å²) in [5, 5.41) is 18.4. The van der Waals surface area contributed by atoms with Crippen LogP contribution in [0.15, 0.2) is 47.4 Å². The highest BCUT2D eigenvalue weighted by Crippen LogP contribution is 2.24. The molecule has 0 fully saturated rings. The molecule has 2 rings (SSSR count). The Labute approximate surface area is 133 Å². The van der Waals surface area contributed by atoms with Crippen LogP contribution in [0.1, 0.15) is 17.3 Å². The minimum Gasteiger partial charge on any atom is -0.507 e. The first-order valence-corrected chi connectivity index (χ1v) is 8.14. The molecule has 7 nitrogen and oxygen atoms in total. The molecular formula is C15H15NO6S. The number of carbonyl (C=O) groups is 1. The highest BCUT2D eigenvalue weighted by Gasteiger charge is 2.16. The van der Waals surface area contributed by atoms with Crippen molar-refractivity contribution in [3.63, 3.8) is 0 Å². The monoisotopic (exact) mass is 337 g/mol. The van der Waals surface area contributed by atoms with Gasteiger partial charge in [-0.2, -0.15) is 0 Å². The molecule has 0 heterocycles. The second-order valence-corrected chi connectivity index (χ2v) is 6.23. The SMILES string of the molecule is CCOc1ccc(S(=O)(=O)Nc2ccc(C(=O)O)c(O)c2)cc1. The number of sulfonamides is 1. The molecular weight excluding hydrogens is 322 g/mol. The number of nitrogens with one attached hydrogen (secondary N) is 1. The van der Waals surface area contributed by atoms with Crippen LogP contribution in [0.25, 0.3) is 0 Å². The lowest BCUT2D eigenvalue weighted by Crippen LogP contribution is -2.13. The Morgan fingerprint density at radius 1 is 1.17 bits per heavy atom. The molecule has 0 aromatic heterocycles. The molecule has 0 aliphatic heterocycles. The minimum atomic E-state index is -3.86. The molecule has 2 aromatic rings. The molecule has 0 amide bonds. The van der Waals surface area contributed by atoms with Crippen LogP contribution in [0.2, 0.25) is 0 Å². The Morgan fingerprint density at radius 3 is 2.35 bits per heavy atom. The van der Waals surface area contributed by atoms with Gasteiger partial charge in [-0.05, 0) is 43.3 Å². The minimum absolute atomic E-state index is 0.0164. The molecule has 0 bridgehead atoms.